The highest BCUT2D eigenvalue weighted by Crippen LogP contribution is 2.27. The van der Waals surface area contributed by atoms with E-state index in [1.165, 1.54) is 5.56 Å². The van der Waals surface area contributed by atoms with E-state index in [0.29, 0.717) is 0 Å². The van der Waals surface area contributed by atoms with Gasteiger partial charge < -0.3 is 9.84 Å². The predicted octanol–water partition coefficient (Wildman–Crippen LogP) is 2.58. The summed E-state index contributed by atoms with van der Waals surface area (Å²) in [7, 11) is 1.66. The number of methoxy groups -OCH3 is 1. The second-order valence-corrected chi connectivity index (χ2v) is 4.99. The van der Waals surface area contributed by atoms with E-state index in [9.17, 15) is 5.11 Å². The lowest BCUT2D eigenvalue weighted by Crippen LogP contribution is -2.29. The molecule has 0 aliphatic carbocycles. The highest BCUT2D eigenvalue weighted by Gasteiger charge is 2.26. The number of benzene rings is 1. The molecule has 0 amide bonds. The van der Waals surface area contributed by atoms with Crippen molar-refractivity contribution in [2.75, 3.05) is 13.7 Å². The Bertz CT molecular complexity index is 510. The normalized spacial score (nSPS) is 13.8. The standard InChI is InChI=1S/C16H19NO2/c1-16(12-18,14-4-3-9-17-11-14)10-13-5-7-15(19-2)8-6-13/h3-9,11,18H,10,12H2,1-2H3. The zero-order valence-electron chi connectivity index (χ0n) is 11.3. The van der Waals surface area contributed by atoms with E-state index >= 15 is 0 Å². The highest BCUT2D eigenvalue weighted by atomic mass is 16.5. The van der Waals surface area contributed by atoms with Crippen molar-refractivity contribution in [2.24, 2.45) is 0 Å². The van der Waals surface area contributed by atoms with E-state index in [1.54, 1.807) is 13.3 Å². The monoisotopic (exact) mass is 257 g/mol. The topological polar surface area (TPSA) is 42.4 Å². The van der Waals surface area contributed by atoms with Gasteiger partial charge in [0.25, 0.3) is 0 Å². The maximum Gasteiger partial charge on any atom is 0.118 e. The van der Waals surface area contributed by atoms with E-state index in [1.807, 2.05) is 49.5 Å². The SMILES string of the molecule is COc1ccc(CC(C)(CO)c2cccnc2)cc1. The molecule has 0 aliphatic rings. The Hall–Kier alpha value is -1.87. The van der Waals surface area contributed by atoms with Crippen LogP contribution in [0.3, 0.4) is 0 Å². The Morgan fingerprint density at radius 1 is 1.21 bits per heavy atom. The predicted molar refractivity (Wildman–Crippen MR) is 75.4 cm³/mol. The first-order valence-corrected chi connectivity index (χ1v) is 6.32. The molecule has 0 radical (unpaired) electrons. The Labute approximate surface area is 113 Å². The first-order chi connectivity index (χ1) is 9.18. The zero-order valence-corrected chi connectivity index (χ0v) is 11.3. The highest BCUT2D eigenvalue weighted by molar-refractivity contribution is 5.31. The van der Waals surface area contributed by atoms with Crippen LogP contribution < -0.4 is 4.74 Å². The molecule has 0 aliphatic heterocycles. The number of nitrogens with zero attached hydrogens (tertiary/aromatic N) is 1. The number of pyridine rings is 1. The van der Waals surface area contributed by atoms with Crippen molar-refractivity contribution in [2.45, 2.75) is 18.8 Å². The van der Waals surface area contributed by atoms with Gasteiger partial charge in [0, 0.05) is 17.8 Å². The molecule has 0 spiro atoms. The van der Waals surface area contributed by atoms with E-state index < -0.39 is 0 Å². The summed E-state index contributed by atoms with van der Waals surface area (Å²) in [4.78, 5) is 4.14. The van der Waals surface area contributed by atoms with Crippen LogP contribution in [0.4, 0.5) is 0 Å². The minimum atomic E-state index is -0.317. The van der Waals surface area contributed by atoms with Gasteiger partial charge in [0.2, 0.25) is 0 Å². The largest absolute Gasteiger partial charge is 0.497 e. The van der Waals surface area contributed by atoms with Gasteiger partial charge in [-0.05, 0) is 35.7 Å². The Morgan fingerprint density at radius 3 is 2.47 bits per heavy atom. The van der Waals surface area contributed by atoms with Crippen LogP contribution in [0.2, 0.25) is 0 Å². The van der Waals surface area contributed by atoms with Crippen LogP contribution in [0.1, 0.15) is 18.1 Å². The number of aromatic nitrogens is 1. The van der Waals surface area contributed by atoms with Gasteiger partial charge in [-0.25, -0.2) is 0 Å². The Morgan fingerprint density at radius 2 is 1.95 bits per heavy atom. The molecule has 19 heavy (non-hydrogen) atoms. The molecule has 100 valence electrons. The summed E-state index contributed by atoms with van der Waals surface area (Å²) in [6.07, 6.45) is 4.33. The van der Waals surface area contributed by atoms with Crippen LogP contribution >= 0.6 is 0 Å². The quantitative estimate of drug-likeness (QED) is 0.895. The molecule has 1 N–H and O–H groups in total. The minimum absolute atomic E-state index is 0.0880. The number of hydrogen-bond donors (Lipinski definition) is 1. The lowest BCUT2D eigenvalue weighted by atomic mass is 9.79. The Balaban J connectivity index is 2.22. The van der Waals surface area contributed by atoms with Gasteiger partial charge in [0.1, 0.15) is 5.75 Å². The number of ether oxygens (including phenoxy) is 1. The second-order valence-electron chi connectivity index (χ2n) is 4.99. The van der Waals surface area contributed by atoms with Crippen LogP contribution in [0.15, 0.2) is 48.8 Å². The molecule has 1 atom stereocenters. The van der Waals surface area contributed by atoms with Crippen LogP contribution in [0, 0.1) is 0 Å². The molecule has 1 aromatic heterocycles. The van der Waals surface area contributed by atoms with Crippen LogP contribution in [0.5, 0.6) is 5.75 Å². The van der Waals surface area contributed by atoms with Crippen molar-refractivity contribution in [1.82, 2.24) is 4.98 Å². The molecule has 1 aromatic carbocycles. The third-order valence-corrected chi connectivity index (χ3v) is 3.46. The fourth-order valence-electron chi connectivity index (χ4n) is 2.16. The van der Waals surface area contributed by atoms with Gasteiger partial charge in [0.15, 0.2) is 0 Å². The fraction of sp³-hybridized carbons (Fsp3) is 0.312. The third-order valence-electron chi connectivity index (χ3n) is 3.46. The maximum atomic E-state index is 9.75. The van der Waals surface area contributed by atoms with E-state index in [-0.39, 0.29) is 12.0 Å². The van der Waals surface area contributed by atoms with Crippen molar-refractivity contribution < 1.29 is 9.84 Å². The molecular weight excluding hydrogens is 238 g/mol. The molecule has 3 nitrogen and oxygen atoms in total. The van der Waals surface area contributed by atoms with E-state index in [0.717, 1.165) is 17.7 Å². The van der Waals surface area contributed by atoms with E-state index in [4.69, 9.17) is 4.74 Å². The number of rotatable bonds is 5. The summed E-state index contributed by atoms with van der Waals surface area (Å²) in [6, 6.07) is 11.9. The average Bonchev–Trinajstić information content (AvgIpc) is 2.49. The summed E-state index contributed by atoms with van der Waals surface area (Å²) >= 11 is 0. The number of hydrogen-bond acceptors (Lipinski definition) is 3. The van der Waals surface area contributed by atoms with Crippen molar-refractivity contribution in [1.29, 1.82) is 0 Å². The Kier molecular flexibility index (Phi) is 4.17. The average molecular weight is 257 g/mol. The number of aliphatic hydroxyl groups is 1. The lowest BCUT2D eigenvalue weighted by molar-refractivity contribution is 0.204. The number of aliphatic hydroxyl groups excluding tert-OH is 1. The summed E-state index contributed by atoms with van der Waals surface area (Å²) < 4.78 is 5.15. The molecule has 0 bridgehead atoms. The summed E-state index contributed by atoms with van der Waals surface area (Å²) in [5.74, 6) is 0.843. The van der Waals surface area contributed by atoms with Gasteiger partial charge in [-0.15, -0.1) is 0 Å². The van der Waals surface area contributed by atoms with Crippen molar-refractivity contribution in [3.8, 4) is 5.75 Å². The first kappa shape index (κ1) is 13.6. The smallest absolute Gasteiger partial charge is 0.118 e. The van der Waals surface area contributed by atoms with Crippen LogP contribution in [-0.2, 0) is 11.8 Å². The summed E-state index contributed by atoms with van der Waals surface area (Å²) in [5.41, 5.74) is 1.90. The zero-order chi connectivity index (χ0) is 13.7. The molecule has 1 unspecified atom stereocenters. The lowest BCUT2D eigenvalue weighted by Gasteiger charge is -2.27. The van der Waals surface area contributed by atoms with E-state index in [2.05, 4.69) is 4.98 Å². The molecule has 0 saturated heterocycles. The van der Waals surface area contributed by atoms with Gasteiger partial charge in [-0.3, -0.25) is 4.98 Å². The maximum absolute atomic E-state index is 9.75. The van der Waals surface area contributed by atoms with Crippen LogP contribution in [-0.4, -0.2) is 23.8 Å². The molecule has 2 rings (SSSR count). The van der Waals surface area contributed by atoms with Gasteiger partial charge in [0.05, 0.1) is 13.7 Å². The summed E-state index contributed by atoms with van der Waals surface area (Å²) in [6.45, 7) is 2.14. The van der Waals surface area contributed by atoms with Gasteiger partial charge in [-0.2, -0.15) is 0 Å². The van der Waals surface area contributed by atoms with Gasteiger partial charge >= 0.3 is 0 Å². The molecular formula is C16H19NO2. The first-order valence-electron chi connectivity index (χ1n) is 6.32. The minimum Gasteiger partial charge on any atom is -0.497 e. The third kappa shape index (κ3) is 3.12. The fourth-order valence-corrected chi connectivity index (χ4v) is 2.16. The van der Waals surface area contributed by atoms with Crippen molar-refractivity contribution in [3.63, 3.8) is 0 Å². The molecule has 0 saturated carbocycles. The molecule has 1 heterocycles. The molecule has 3 heteroatoms. The summed E-state index contributed by atoms with van der Waals surface area (Å²) in [5, 5.41) is 9.75. The van der Waals surface area contributed by atoms with Crippen molar-refractivity contribution >= 4 is 0 Å². The molecule has 2 aromatic rings. The molecule has 0 fully saturated rings. The van der Waals surface area contributed by atoms with Gasteiger partial charge in [-0.1, -0.05) is 25.1 Å². The second kappa shape index (κ2) is 5.85. The van der Waals surface area contributed by atoms with Crippen LogP contribution in [0.25, 0.3) is 0 Å². The van der Waals surface area contributed by atoms with Crippen molar-refractivity contribution in [3.05, 3.63) is 59.9 Å².